The Morgan fingerprint density at radius 3 is 2.81 bits per heavy atom. The van der Waals surface area contributed by atoms with Crippen LogP contribution in [0.3, 0.4) is 0 Å². The van der Waals surface area contributed by atoms with Gasteiger partial charge >= 0.3 is 5.97 Å². The van der Waals surface area contributed by atoms with Gasteiger partial charge in [-0.3, -0.25) is 4.79 Å². The Kier molecular flexibility index (Phi) is 7.18. The third kappa shape index (κ3) is 6.72. The molecule has 0 aliphatic carbocycles. The van der Waals surface area contributed by atoms with Crippen LogP contribution in [0, 0.1) is 6.92 Å². The summed E-state index contributed by atoms with van der Waals surface area (Å²) in [5.41, 5.74) is 2.01. The number of benzene rings is 1. The minimum atomic E-state index is -0.837. The number of hydrogen-bond donors (Lipinski definition) is 1. The van der Waals surface area contributed by atoms with E-state index < -0.39 is 12.1 Å². The van der Waals surface area contributed by atoms with Crippen LogP contribution in [0.5, 0.6) is 0 Å². The molecule has 0 heterocycles. The molecule has 1 aromatic rings. The Morgan fingerprint density at radius 1 is 1.38 bits per heavy atom. The first-order valence-corrected chi connectivity index (χ1v) is 6.75. The first-order chi connectivity index (χ1) is 10.0. The van der Waals surface area contributed by atoms with Gasteiger partial charge in [0.15, 0.2) is 6.10 Å². The van der Waals surface area contributed by atoms with Gasteiger partial charge in [-0.1, -0.05) is 29.8 Å². The maximum Gasteiger partial charge on any atom is 0.331 e. The fourth-order valence-electron chi connectivity index (χ4n) is 1.63. The lowest BCUT2D eigenvalue weighted by molar-refractivity contribution is -0.150. The molecule has 0 saturated carbocycles. The van der Waals surface area contributed by atoms with Crippen molar-refractivity contribution in [2.75, 3.05) is 20.3 Å². The fourth-order valence-corrected chi connectivity index (χ4v) is 1.63. The van der Waals surface area contributed by atoms with Crippen molar-refractivity contribution >= 4 is 18.0 Å². The zero-order chi connectivity index (χ0) is 15.7. The van der Waals surface area contributed by atoms with Gasteiger partial charge in [0.2, 0.25) is 0 Å². The van der Waals surface area contributed by atoms with Gasteiger partial charge in [0.1, 0.15) is 0 Å². The zero-order valence-corrected chi connectivity index (χ0v) is 12.6. The smallest absolute Gasteiger partial charge is 0.331 e. The van der Waals surface area contributed by atoms with Crippen LogP contribution in [0.2, 0.25) is 0 Å². The molecule has 1 aromatic carbocycles. The second-order valence-corrected chi connectivity index (χ2v) is 4.61. The van der Waals surface area contributed by atoms with Gasteiger partial charge in [0.25, 0.3) is 5.91 Å². The summed E-state index contributed by atoms with van der Waals surface area (Å²) in [6.45, 7) is 4.30. The van der Waals surface area contributed by atoms with Crippen molar-refractivity contribution < 1.29 is 19.1 Å². The molecule has 0 fully saturated rings. The Labute approximate surface area is 124 Å². The van der Waals surface area contributed by atoms with Crippen molar-refractivity contribution in [2.45, 2.75) is 20.0 Å². The first-order valence-electron chi connectivity index (χ1n) is 6.75. The molecule has 1 amide bonds. The molecule has 0 unspecified atom stereocenters. The molecule has 1 N–H and O–H groups in total. The van der Waals surface area contributed by atoms with Crippen molar-refractivity contribution in [3.8, 4) is 0 Å². The summed E-state index contributed by atoms with van der Waals surface area (Å²) < 4.78 is 9.83. The number of ether oxygens (including phenoxy) is 2. The van der Waals surface area contributed by atoms with E-state index in [1.54, 1.807) is 13.2 Å². The molecule has 0 aliphatic rings. The SMILES string of the molecule is COCCNC(=O)[C@H](C)OC(=O)/C=C/c1cccc(C)c1. The van der Waals surface area contributed by atoms with Crippen LogP contribution < -0.4 is 5.32 Å². The van der Waals surface area contributed by atoms with Crippen LogP contribution in [-0.2, 0) is 19.1 Å². The number of amides is 1. The van der Waals surface area contributed by atoms with Gasteiger partial charge < -0.3 is 14.8 Å². The monoisotopic (exact) mass is 291 g/mol. The molecule has 5 nitrogen and oxygen atoms in total. The third-order valence-corrected chi connectivity index (χ3v) is 2.72. The van der Waals surface area contributed by atoms with Gasteiger partial charge in [-0.05, 0) is 25.5 Å². The fraction of sp³-hybridized carbons (Fsp3) is 0.375. The van der Waals surface area contributed by atoms with Crippen molar-refractivity contribution in [1.82, 2.24) is 5.32 Å². The summed E-state index contributed by atoms with van der Waals surface area (Å²) in [5.74, 6) is -0.893. The average molecular weight is 291 g/mol. The highest BCUT2D eigenvalue weighted by Crippen LogP contribution is 2.06. The van der Waals surface area contributed by atoms with Gasteiger partial charge in [-0.2, -0.15) is 0 Å². The normalized spacial score (nSPS) is 12.1. The molecule has 114 valence electrons. The summed E-state index contributed by atoms with van der Waals surface area (Å²) in [7, 11) is 1.55. The second kappa shape index (κ2) is 8.92. The molecule has 21 heavy (non-hydrogen) atoms. The maximum absolute atomic E-state index is 11.6. The molecule has 5 heteroatoms. The first kappa shape index (κ1) is 16.9. The van der Waals surface area contributed by atoms with E-state index in [4.69, 9.17) is 9.47 Å². The van der Waals surface area contributed by atoms with E-state index in [2.05, 4.69) is 5.32 Å². The quantitative estimate of drug-likeness (QED) is 0.472. The van der Waals surface area contributed by atoms with E-state index >= 15 is 0 Å². The summed E-state index contributed by atoms with van der Waals surface area (Å²) in [4.78, 5) is 23.2. The maximum atomic E-state index is 11.6. The van der Waals surface area contributed by atoms with Crippen LogP contribution in [0.25, 0.3) is 6.08 Å². The number of hydrogen-bond acceptors (Lipinski definition) is 4. The number of methoxy groups -OCH3 is 1. The summed E-state index contributed by atoms with van der Waals surface area (Å²) in [5, 5.41) is 2.60. The second-order valence-electron chi connectivity index (χ2n) is 4.61. The summed E-state index contributed by atoms with van der Waals surface area (Å²) >= 11 is 0. The van der Waals surface area contributed by atoms with Crippen LogP contribution in [0.4, 0.5) is 0 Å². The number of esters is 1. The number of rotatable bonds is 7. The highest BCUT2D eigenvalue weighted by Gasteiger charge is 2.15. The van der Waals surface area contributed by atoms with Crippen molar-refractivity contribution in [3.05, 3.63) is 41.5 Å². The molecule has 0 radical (unpaired) electrons. The van der Waals surface area contributed by atoms with E-state index in [9.17, 15) is 9.59 Å². The molecule has 0 aromatic heterocycles. The topological polar surface area (TPSA) is 64.6 Å². The minimum Gasteiger partial charge on any atom is -0.449 e. The van der Waals surface area contributed by atoms with Crippen LogP contribution in [0.15, 0.2) is 30.3 Å². The van der Waals surface area contributed by atoms with Crippen molar-refractivity contribution in [2.24, 2.45) is 0 Å². The number of aryl methyl sites for hydroxylation is 1. The molecular formula is C16H21NO4. The van der Waals surface area contributed by atoms with E-state index in [-0.39, 0.29) is 5.91 Å². The lowest BCUT2D eigenvalue weighted by Crippen LogP contribution is -2.37. The predicted molar refractivity (Wildman–Crippen MR) is 80.7 cm³/mol. The van der Waals surface area contributed by atoms with Gasteiger partial charge in [0, 0.05) is 19.7 Å². The van der Waals surface area contributed by atoms with E-state index in [0.29, 0.717) is 13.2 Å². The summed E-state index contributed by atoms with van der Waals surface area (Å²) in [6.07, 6.45) is 2.13. The predicted octanol–water partition coefficient (Wildman–Crippen LogP) is 1.70. The lowest BCUT2D eigenvalue weighted by Gasteiger charge is -2.11. The van der Waals surface area contributed by atoms with Crippen LogP contribution >= 0.6 is 0 Å². The molecule has 1 atom stereocenters. The van der Waals surface area contributed by atoms with Gasteiger partial charge in [-0.15, -0.1) is 0 Å². The zero-order valence-electron chi connectivity index (χ0n) is 12.6. The molecule has 0 aliphatic heterocycles. The van der Waals surface area contributed by atoms with Gasteiger partial charge in [-0.25, -0.2) is 4.79 Å². The van der Waals surface area contributed by atoms with E-state index in [1.165, 1.54) is 13.0 Å². The largest absolute Gasteiger partial charge is 0.449 e. The van der Waals surface area contributed by atoms with Crippen LogP contribution in [-0.4, -0.2) is 38.2 Å². The molecule has 0 spiro atoms. The Hall–Kier alpha value is -2.14. The van der Waals surface area contributed by atoms with E-state index in [0.717, 1.165) is 11.1 Å². The Balaban J connectivity index is 2.43. The van der Waals surface area contributed by atoms with Crippen LogP contribution in [0.1, 0.15) is 18.1 Å². The number of nitrogens with one attached hydrogen (secondary N) is 1. The summed E-state index contributed by atoms with van der Waals surface area (Å²) in [6, 6.07) is 7.72. The Morgan fingerprint density at radius 2 is 2.14 bits per heavy atom. The number of carbonyl (C=O) groups is 2. The number of carbonyl (C=O) groups excluding carboxylic acids is 2. The molecule has 0 saturated heterocycles. The Bertz CT molecular complexity index is 511. The highest BCUT2D eigenvalue weighted by molar-refractivity contribution is 5.90. The average Bonchev–Trinajstić information content (AvgIpc) is 2.45. The molecular weight excluding hydrogens is 270 g/mol. The minimum absolute atomic E-state index is 0.343. The van der Waals surface area contributed by atoms with Crippen molar-refractivity contribution in [3.63, 3.8) is 0 Å². The lowest BCUT2D eigenvalue weighted by atomic mass is 10.1. The van der Waals surface area contributed by atoms with Gasteiger partial charge in [0.05, 0.1) is 6.61 Å². The standard InChI is InChI=1S/C16H21NO4/c1-12-5-4-6-14(11-12)7-8-15(18)21-13(2)16(19)17-9-10-20-3/h4-8,11,13H,9-10H2,1-3H3,(H,17,19)/b8-7+/t13-/m0/s1. The van der Waals surface area contributed by atoms with Crippen molar-refractivity contribution in [1.29, 1.82) is 0 Å². The molecule has 1 rings (SSSR count). The third-order valence-electron chi connectivity index (χ3n) is 2.72. The molecule has 0 bridgehead atoms. The highest BCUT2D eigenvalue weighted by atomic mass is 16.5. The van der Waals surface area contributed by atoms with E-state index in [1.807, 2.05) is 31.2 Å².